The first-order chi connectivity index (χ1) is 8.99. The molecule has 0 bridgehead atoms. The van der Waals surface area contributed by atoms with E-state index in [0.717, 1.165) is 11.8 Å². The molecule has 1 aromatic heterocycles. The van der Waals surface area contributed by atoms with Crippen molar-refractivity contribution in [1.29, 1.82) is 0 Å². The molecule has 0 saturated heterocycles. The van der Waals surface area contributed by atoms with E-state index in [4.69, 9.17) is 16.7 Å². The van der Waals surface area contributed by atoms with Gasteiger partial charge in [-0.1, -0.05) is 36.0 Å². The number of aromatic nitrogens is 2. The third-order valence-electron chi connectivity index (χ3n) is 2.35. The predicted octanol–water partition coefficient (Wildman–Crippen LogP) is 3.10. The second kappa shape index (κ2) is 5.63. The lowest BCUT2D eigenvalue weighted by Gasteiger charge is -2.06. The zero-order valence-electron chi connectivity index (χ0n) is 9.77. The Hall–Kier alpha value is -1.53. The molecule has 0 aliphatic heterocycles. The van der Waals surface area contributed by atoms with Crippen LogP contribution in [0.5, 0.6) is 0 Å². The number of halogens is 2. The van der Waals surface area contributed by atoms with E-state index < -0.39 is 11.8 Å². The molecule has 0 radical (unpaired) electrons. The van der Waals surface area contributed by atoms with Crippen molar-refractivity contribution in [2.75, 3.05) is 5.75 Å². The number of para-hydroxylation sites is 1. The van der Waals surface area contributed by atoms with E-state index in [9.17, 15) is 9.18 Å². The predicted molar refractivity (Wildman–Crippen MR) is 73.0 cm³/mol. The van der Waals surface area contributed by atoms with Crippen LogP contribution in [0.2, 0.25) is 0 Å². The number of rotatable bonds is 5. The molecule has 2 aromatic rings. The highest BCUT2D eigenvalue weighted by Crippen LogP contribution is 2.26. The lowest BCUT2D eigenvalue weighted by atomic mass is 10.3. The third kappa shape index (κ3) is 3.08. The highest BCUT2D eigenvalue weighted by atomic mass is 35.5. The van der Waals surface area contributed by atoms with Gasteiger partial charge in [-0.25, -0.2) is 9.37 Å². The summed E-state index contributed by atoms with van der Waals surface area (Å²) in [5.74, 6) is -1.57. The molecule has 100 valence electrons. The molecular formula is C12H10ClFN2O2S. The van der Waals surface area contributed by atoms with E-state index in [1.54, 1.807) is 16.7 Å². The van der Waals surface area contributed by atoms with Crippen LogP contribution in [0.15, 0.2) is 35.0 Å². The lowest BCUT2D eigenvalue weighted by Crippen LogP contribution is -2.03. The largest absolute Gasteiger partial charge is 0.481 e. The van der Waals surface area contributed by atoms with E-state index in [1.165, 1.54) is 6.07 Å². The monoisotopic (exact) mass is 300 g/mol. The summed E-state index contributed by atoms with van der Waals surface area (Å²) in [4.78, 5) is 14.7. The number of hydrogen-bond donors (Lipinski definition) is 1. The van der Waals surface area contributed by atoms with Crippen LogP contribution in [0.4, 0.5) is 4.39 Å². The average Bonchev–Trinajstić information content (AvgIpc) is 2.66. The van der Waals surface area contributed by atoms with E-state index in [0.29, 0.717) is 15.7 Å². The number of carbonyl (C=O) groups is 1. The first-order valence-electron chi connectivity index (χ1n) is 5.31. The zero-order valence-corrected chi connectivity index (χ0v) is 11.3. The van der Waals surface area contributed by atoms with Crippen LogP contribution in [0, 0.1) is 5.82 Å². The number of carboxylic acid groups (broad SMARTS) is 1. The van der Waals surface area contributed by atoms with Gasteiger partial charge in [0, 0.05) is 5.03 Å². The highest BCUT2D eigenvalue weighted by Gasteiger charge is 2.15. The molecule has 0 saturated carbocycles. The maximum Gasteiger partial charge on any atom is 0.313 e. The molecule has 0 aliphatic rings. The van der Waals surface area contributed by atoms with Gasteiger partial charge in [0.25, 0.3) is 0 Å². The van der Waals surface area contributed by atoms with Crippen molar-refractivity contribution in [3.05, 3.63) is 35.6 Å². The van der Waals surface area contributed by atoms with Gasteiger partial charge in [0.05, 0.1) is 17.8 Å². The minimum Gasteiger partial charge on any atom is -0.481 e. The first-order valence-corrected chi connectivity index (χ1v) is 6.68. The number of allylic oxidation sites excluding steroid dienone is 1. The normalized spacial score (nSPS) is 10.8. The van der Waals surface area contributed by atoms with Gasteiger partial charge in [0.1, 0.15) is 5.52 Å². The van der Waals surface area contributed by atoms with Gasteiger partial charge in [-0.3, -0.25) is 4.79 Å². The van der Waals surface area contributed by atoms with Crippen molar-refractivity contribution < 1.29 is 14.3 Å². The van der Waals surface area contributed by atoms with Crippen molar-refractivity contribution in [3.63, 3.8) is 0 Å². The second-order valence-electron chi connectivity index (χ2n) is 3.79. The van der Waals surface area contributed by atoms with Crippen molar-refractivity contribution >= 4 is 40.4 Å². The quantitative estimate of drug-likeness (QED) is 0.862. The van der Waals surface area contributed by atoms with Crippen LogP contribution in [-0.2, 0) is 11.3 Å². The average molecular weight is 301 g/mol. The van der Waals surface area contributed by atoms with Crippen LogP contribution in [0.1, 0.15) is 0 Å². The molecule has 1 N–H and O–H groups in total. The molecule has 1 aromatic carbocycles. The first kappa shape index (κ1) is 13.9. The van der Waals surface area contributed by atoms with Crippen LogP contribution in [-0.4, -0.2) is 26.4 Å². The van der Waals surface area contributed by atoms with Gasteiger partial charge in [-0.2, -0.15) is 0 Å². The molecule has 0 atom stereocenters. The van der Waals surface area contributed by atoms with Gasteiger partial charge in [-0.15, -0.1) is 0 Å². The van der Waals surface area contributed by atoms with Gasteiger partial charge in [0.15, 0.2) is 11.0 Å². The molecule has 0 spiro atoms. The number of hydrogen-bond acceptors (Lipinski definition) is 3. The van der Waals surface area contributed by atoms with Crippen molar-refractivity contribution in [3.8, 4) is 0 Å². The smallest absolute Gasteiger partial charge is 0.313 e. The minimum atomic E-state index is -0.964. The second-order valence-corrected chi connectivity index (χ2v) is 5.26. The fraction of sp³-hybridized carbons (Fsp3) is 0.167. The Bertz CT molecular complexity index is 656. The maximum absolute atomic E-state index is 13.7. The zero-order chi connectivity index (χ0) is 14.0. The van der Waals surface area contributed by atoms with Crippen molar-refractivity contribution in [2.45, 2.75) is 11.7 Å². The lowest BCUT2D eigenvalue weighted by molar-refractivity contribution is -0.133. The minimum absolute atomic E-state index is 0.153. The van der Waals surface area contributed by atoms with Crippen LogP contribution in [0.3, 0.4) is 0 Å². The Morgan fingerprint density at radius 3 is 2.95 bits per heavy atom. The molecule has 0 fully saturated rings. The number of thioether (sulfide) groups is 1. The number of imidazole rings is 1. The summed E-state index contributed by atoms with van der Waals surface area (Å²) in [7, 11) is 0. The summed E-state index contributed by atoms with van der Waals surface area (Å²) < 4.78 is 15.3. The number of benzene rings is 1. The van der Waals surface area contributed by atoms with E-state index in [2.05, 4.69) is 11.6 Å². The van der Waals surface area contributed by atoms with Crippen LogP contribution in [0.25, 0.3) is 11.0 Å². The summed E-state index contributed by atoms with van der Waals surface area (Å²) in [6, 6.07) is 4.58. The Balaban J connectivity index is 2.50. The Kier molecular flexibility index (Phi) is 4.11. The summed E-state index contributed by atoms with van der Waals surface area (Å²) in [6.07, 6.45) is 0. The Labute approximate surface area is 117 Å². The van der Waals surface area contributed by atoms with Crippen molar-refractivity contribution in [1.82, 2.24) is 9.55 Å². The molecular weight excluding hydrogens is 291 g/mol. The number of aliphatic carboxylic acids is 1. The summed E-state index contributed by atoms with van der Waals surface area (Å²) >= 11 is 6.80. The van der Waals surface area contributed by atoms with Gasteiger partial charge in [-0.05, 0) is 12.1 Å². The number of nitrogens with zero attached hydrogens (tertiary/aromatic N) is 2. The Morgan fingerprint density at radius 1 is 1.58 bits per heavy atom. The fourth-order valence-corrected chi connectivity index (χ4v) is 2.50. The number of carboxylic acids is 1. The van der Waals surface area contributed by atoms with Crippen LogP contribution < -0.4 is 0 Å². The molecule has 2 rings (SSSR count). The summed E-state index contributed by atoms with van der Waals surface area (Å²) in [5.41, 5.74) is 0.767. The molecule has 1 heterocycles. The fourth-order valence-electron chi connectivity index (χ4n) is 1.65. The molecule has 7 heteroatoms. The molecule has 19 heavy (non-hydrogen) atoms. The molecule has 0 amide bonds. The van der Waals surface area contributed by atoms with E-state index in [-0.39, 0.29) is 17.8 Å². The molecule has 0 aliphatic carbocycles. The van der Waals surface area contributed by atoms with Crippen LogP contribution >= 0.6 is 23.4 Å². The SMILES string of the molecule is C=C(Cl)Cn1c(SCC(=O)O)nc2c(F)cccc21. The topological polar surface area (TPSA) is 55.1 Å². The van der Waals surface area contributed by atoms with E-state index >= 15 is 0 Å². The maximum atomic E-state index is 13.7. The van der Waals surface area contributed by atoms with Gasteiger partial charge in [0.2, 0.25) is 0 Å². The number of fused-ring (bicyclic) bond motifs is 1. The standard InChI is InChI=1S/C12H10ClFN2O2S/c1-7(13)5-16-9-4-2-3-8(14)11(9)15-12(16)19-6-10(17)18/h2-4H,1,5-6H2,(H,17,18). The molecule has 0 unspecified atom stereocenters. The Morgan fingerprint density at radius 2 is 2.32 bits per heavy atom. The summed E-state index contributed by atoms with van der Waals surface area (Å²) in [5, 5.41) is 9.47. The van der Waals surface area contributed by atoms with E-state index in [1.807, 2.05) is 0 Å². The molecule has 4 nitrogen and oxygen atoms in total. The highest BCUT2D eigenvalue weighted by molar-refractivity contribution is 7.99. The third-order valence-corrected chi connectivity index (χ3v) is 3.43. The van der Waals surface area contributed by atoms with Gasteiger partial charge >= 0.3 is 5.97 Å². The van der Waals surface area contributed by atoms with Crippen molar-refractivity contribution in [2.24, 2.45) is 0 Å². The van der Waals surface area contributed by atoms with Gasteiger partial charge < -0.3 is 9.67 Å². The summed E-state index contributed by atoms with van der Waals surface area (Å²) in [6.45, 7) is 3.85.